The lowest BCUT2D eigenvalue weighted by Crippen LogP contribution is -2.49. The van der Waals surface area contributed by atoms with E-state index in [1.807, 2.05) is 4.90 Å². The number of carbonyl (C=O) groups is 1. The summed E-state index contributed by atoms with van der Waals surface area (Å²) in [5.74, 6) is -0.608. The van der Waals surface area contributed by atoms with Crippen LogP contribution in [0, 0.1) is 11.6 Å². The first-order chi connectivity index (χ1) is 16.7. The van der Waals surface area contributed by atoms with Crippen LogP contribution in [0.5, 0.6) is 0 Å². The Kier molecular flexibility index (Phi) is 7.59. The number of nitrogens with two attached hydrogens (primary N) is 1. The Morgan fingerprint density at radius 3 is 1.74 bits per heavy atom. The number of sulfonamides is 1. The summed E-state index contributed by atoms with van der Waals surface area (Å²) in [5.41, 5.74) is 2.67. The largest absolute Gasteiger partial charge is 0.340 e. The minimum Gasteiger partial charge on any atom is -0.340 e. The van der Waals surface area contributed by atoms with E-state index in [9.17, 15) is 22.0 Å². The van der Waals surface area contributed by atoms with E-state index in [0.717, 1.165) is 16.7 Å². The fourth-order valence-corrected chi connectivity index (χ4v) is 4.90. The lowest BCUT2D eigenvalue weighted by Gasteiger charge is -2.40. The molecule has 35 heavy (non-hydrogen) atoms. The van der Waals surface area contributed by atoms with Crippen LogP contribution in [0.4, 0.5) is 8.78 Å². The van der Waals surface area contributed by atoms with Crippen LogP contribution in [0.3, 0.4) is 0 Å². The minimum absolute atomic E-state index is 0.0280. The van der Waals surface area contributed by atoms with Crippen LogP contribution < -0.4 is 5.14 Å². The fourth-order valence-electron chi connectivity index (χ4n) is 4.39. The van der Waals surface area contributed by atoms with Gasteiger partial charge in [-0.3, -0.25) is 9.69 Å². The molecule has 1 heterocycles. The zero-order valence-corrected chi connectivity index (χ0v) is 19.9. The van der Waals surface area contributed by atoms with Gasteiger partial charge in [0.2, 0.25) is 15.9 Å². The van der Waals surface area contributed by atoms with Gasteiger partial charge in [0.1, 0.15) is 11.6 Å². The lowest BCUT2D eigenvalue weighted by molar-refractivity contribution is -0.133. The monoisotopic (exact) mass is 499 g/mol. The Bertz CT molecular complexity index is 1210. The van der Waals surface area contributed by atoms with Gasteiger partial charge in [-0.25, -0.2) is 22.3 Å². The van der Waals surface area contributed by atoms with Crippen molar-refractivity contribution in [1.29, 1.82) is 0 Å². The van der Waals surface area contributed by atoms with Crippen molar-refractivity contribution in [3.05, 3.63) is 101 Å². The molecule has 0 saturated carbocycles. The molecule has 0 spiro atoms. The summed E-state index contributed by atoms with van der Waals surface area (Å²) in [7, 11) is -3.74. The maximum Gasteiger partial charge on any atom is 0.238 e. The van der Waals surface area contributed by atoms with Gasteiger partial charge in [0, 0.05) is 32.6 Å². The average Bonchev–Trinajstić information content (AvgIpc) is 2.85. The van der Waals surface area contributed by atoms with Crippen molar-refractivity contribution < 1.29 is 22.0 Å². The van der Waals surface area contributed by atoms with E-state index in [1.54, 1.807) is 36.4 Å². The summed E-state index contributed by atoms with van der Waals surface area (Å²) >= 11 is 0. The van der Waals surface area contributed by atoms with Gasteiger partial charge in [-0.15, -0.1) is 0 Å². The maximum atomic E-state index is 13.5. The lowest BCUT2D eigenvalue weighted by atomic mass is 9.96. The van der Waals surface area contributed by atoms with E-state index in [4.69, 9.17) is 5.14 Å². The Labute approximate surface area is 204 Å². The summed E-state index contributed by atoms with van der Waals surface area (Å²) in [6.45, 7) is 2.33. The van der Waals surface area contributed by atoms with Gasteiger partial charge in [0.25, 0.3) is 0 Å². The van der Waals surface area contributed by atoms with Crippen LogP contribution in [-0.2, 0) is 21.2 Å². The second-order valence-electron chi connectivity index (χ2n) is 8.61. The molecule has 4 rings (SSSR count). The van der Waals surface area contributed by atoms with Crippen LogP contribution >= 0.6 is 0 Å². The Balaban J connectivity index is 1.38. The number of nitrogens with zero attached hydrogens (tertiary/aromatic N) is 2. The number of piperazine rings is 1. The molecule has 2 N–H and O–H groups in total. The van der Waals surface area contributed by atoms with Crippen molar-refractivity contribution in [2.75, 3.05) is 26.2 Å². The highest BCUT2D eigenvalue weighted by Crippen LogP contribution is 2.30. The van der Waals surface area contributed by atoms with Crippen LogP contribution in [0.15, 0.2) is 77.7 Å². The molecule has 9 heteroatoms. The molecule has 3 aromatic carbocycles. The molecule has 1 aliphatic heterocycles. The van der Waals surface area contributed by atoms with Crippen molar-refractivity contribution in [2.24, 2.45) is 5.14 Å². The second-order valence-corrected chi connectivity index (χ2v) is 10.2. The topological polar surface area (TPSA) is 83.7 Å². The molecular weight excluding hydrogens is 472 g/mol. The summed E-state index contributed by atoms with van der Waals surface area (Å²) in [4.78, 5) is 16.9. The van der Waals surface area contributed by atoms with E-state index in [0.29, 0.717) is 39.0 Å². The minimum atomic E-state index is -3.74. The molecule has 184 valence electrons. The summed E-state index contributed by atoms with van der Waals surface area (Å²) in [6.07, 6.45) is 0.811. The summed E-state index contributed by atoms with van der Waals surface area (Å²) < 4.78 is 49.8. The highest BCUT2D eigenvalue weighted by Gasteiger charge is 2.28. The van der Waals surface area contributed by atoms with E-state index >= 15 is 0 Å². The first-order valence-electron chi connectivity index (χ1n) is 11.4. The number of hydrogen-bond acceptors (Lipinski definition) is 4. The van der Waals surface area contributed by atoms with Gasteiger partial charge in [-0.1, -0.05) is 36.4 Å². The Morgan fingerprint density at radius 1 is 0.800 bits per heavy atom. The molecule has 0 atom stereocenters. The standard InChI is InChI=1S/C26H27F2N3O3S/c27-22-8-4-20(5-9-22)26(21-6-10-23(28)11-7-21)31-17-15-30(16-18-31)25(32)14-3-19-1-12-24(13-2-19)35(29,33)34/h1-2,4-13,26H,3,14-18H2,(H2,29,33,34). The third-order valence-corrected chi connectivity index (χ3v) is 7.21. The van der Waals surface area contributed by atoms with E-state index < -0.39 is 10.0 Å². The molecule has 0 aliphatic carbocycles. The predicted octanol–water partition coefficient (Wildman–Crippen LogP) is 3.48. The molecule has 1 fully saturated rings. The molecule has 1 amide bonds. The number of amides is 1. The number of hydrogen-bond donors (Lipinski definition) is 1. The van der Waals surface area contributed by atoms with Crippen molar-refractivity contribution in [1.82, 2.24) is 9.80 Å². The van der Waals surface area contributed by atoms with E-state index in [1.165, 1.54) is 36.4 Å². The zero-order valence-electron chi connectivity index (χ0n) is 19.1. The highest BCUT2D eigenvalue weighted by atomic mass is 32.2. The number of benzene rings is 3. The first-order valence-corrected chi connectivity index (χ1v) is 12.9. The van der Waals surface area contributed by atoms with Gasteiger partial charge in [-0.2, -0.15) is 0 Å². The van der Waals surface area contributed by atoms with Crippen molar-refractivity contribution >= 4 is 15.9 Å². The normalized spacial score (nSPS) is 14.9. The van der Waals surface area contributed by atoms with Crippen LogP contribution in [0.1, 0.15) is 29.2 Å². The van der Waals surface area contributed by atoms with Gasteiger partial charge in [0.15, 0.2) is 0 Å². The average molecular weight is 500 g/mol. The Morgan fingerprint density at radius 2 is 1.29 bits per heavy atom. The molecule has 1 aliphatic rings. The SMILES string of the molecule is NS(=O)(=O)c1ccc(CCC(=O)N2CCN(C(c3ccc(F)cc3)c3ccc(F)cc3)CC2)cc1. The fraction of sp³-hybridized carbons (Fsp3) is 0.269. The van der Waals surface area contributed by atoms with Crippen LogP contribution in [0.2, 0.25) is 0 Å². The molecule has 1 saturated heterocycles. The molecule has 0 bridgehead atoms. The van der Waals surface area contributed by atoms with E-state index in [-0.39, 0.29) is 28.5 Å². The number of halogens is 2. The first kappa shape index (κ1) is 25.0. The molecular formula is C26H27F2N3O3S. The van der Waals surface area contributed by atoms with Gasteiger partial charge < -0.3 is 4.90 Å². The third-order valence-electron chi connectivity index (χ3n) is 6.28. The number of rotatable bonds is 7. The van der Waals surface area contributed by atoms with Crippen molar-refractivity contribution in [3.8, 4) is 0 Å². The molecule has 0 aromatic heterocycles. The molecule has 0 radical (unpaired) electrons. The van der Waals surface area contributed by atoms with E-state index in [2.05, 4.69) is 4.90 Å². The van der Waals surface area contributed by atoms with Gasteiger partial charge >= 0.3 is 0 Å². The summed E-state index contributed by atoms with van der Waals surface area (Å²) in [6, 6.07) is 18.7. The summed E-state index contributed by atoms with van der Waals surface area (Å²) in [5, 5.41) is 5.12. The van der Waals surface area contributed by atoms with Crippen LogP contribution in [0.25, 0.3) is 0 Å². The predicted molar refractivity (Wildman–Crippen MR) is 129 cm³/mol. The third kappa shape index (κ3) is 6.30. The molecule has 3 aromatic rings. The number of primary sulfonamides is 1. The number of carbonyl (C=O) groups excluding carboxylic acids is 1. The van der Waals surface area contributed by atoms with Crippen molar-refractivity contribution in [2.45, 2.75) is 23.8 Å². The molecule has 0 unspecified atom stereocenters. The van der Waals surface area contributed by atoms with Gasteiger partial charge in [-0.05, 0) is 59.5 Å². The second kappa shape index (κ2) is 10.6. The smallest absolute Gasteiger partial charge is 0.238 e. The van der Waals surface area contributed by atoms with Gasteiger partial charge in [0.05, 0.1) is 10.9 Å². The maximum absolute atomic E-state index is 13.5. The number of aryl methyl sites for hydroxylation is 1. The zero-order chi connectivity index (χ0) is 25.0. The molecule has 6 nitrogen and oxygen atoms in total. The van der Waals surface area contributed by atoms with Crippen molar-refractivity contribution in [3.63, 3.8) is 0 Å². The Hall–Kier alpha value is -3.14. The quantitative estimate of drug-likeness (QED) is 0.540. The highest BCUT2D eigenvalue weighted by molar-refractivity contribution is 7.89. The van der Waals surface area contributed by atoms with Crippen LogP contribution in [-0.4, -0.2) is 50.3 Å².